The van der Waals surface area contributed by atoms with E-state index in [1.165, 1.54) is 0 Å². The average molecular weight is 342 g/mol. The zero-order valence-corrected chi connectivity index (χ0v) is 12.5. The van der Waals surface area contributed by atoms with Crippen LogP contribution in [0.4, 0.5) is 0 Å². The third-order valence-electron chi connectivity index (χ3n) is 3.34. The summed E-state index contributed by atoms with van der Waals surface area (Å²) in [5.41, 5.74) is 0.609. The van der Waals surface area contributed by atoms with Crippen molar-refractivity contribution in [3.8, 4) is 0 Å². The van der Waals surface area contributed by atoms with Crippen molar-refractivity contribution in [2.75, 3.05) is 19.8 Å². The van der Waals surface area contributed by atoms with Crippen molar-refractivity contribution in [2.45, 2.75) is 18.3 Å². The van der Waals surface area contributed by atoms with Crippen LogP contribution >= 0.6 is 15.9 Å². The molecule has 1 aliphatic rings. The van der Waals surface area contributed by atoms with Gasteiger partial charge in [0.25, 0.3) is 0 Å². The van der Waals surface area contributed by atoms with Crippen molar-refractivity contribution in [1.29, 1.82) is 0 Å². The third kappa shape index (κ3) is 3.58. The molecule has 1 aromatic rings. The van der Waals surface area contributed by atoms with Gasteiger partial charge in [-0.05, 0) is 30.5 Å². The Bertz CT molecular complexity index is 496. The van der Waals surface area contributed by atoms with Crippen LogP contribution in [0.2, 0.25) is 0 Å². The first-order chi connectivity index (χ1) is 9.54. The molecule has 1 saturated carbocycles. The molecule has 6 heteroatoms. The largest absolute Gasteiger partial charge is 0.480 e. The van der Waals surface area contributed by atoms with E-state index in [2.05, 4.69) is 21.2 Å². The molecule has 20 heavy (non-hydrogen) atoms. The molecule has 0 radical (unpaired) electrons. The Balaban J connectivity index is 1.83. The molecule has 0 spiro atoms. The maximum Gasteiger partial charge on any atom is 0.329 e. The van der Waals surface area contributed by atoms with E-state index >= 15 is 0 Å². The lowest BCUT2D eigenvalue weighted by Gasteiger charge is -2.15. The molecule has 108 valence electrons. The van der Waals surface area contributed by atoms with Crippen molar-refractivity contribution in [3.05, 3.63) is 34.3 Å². The van der Waals surface area contributed by atoms with Gasteiger partial charge in [-0.3, -0.25) is 4.79 Å². The number of rotatable bonds is 7. The molecule has 1 fully saturated rings. The van der Waals surface area contributed by atoms with Crippen LogP contribution in [0.15, 0.2) is 28.7 Å². The number of hydrogen-bond donors (Lipinski definition) is 2. The standard InChI is InChI=1S/C14H16BrNO4/c15-11-3-1-10(2-4-11)14(5-6-14)13(19)16-7-8-20-9-12(17)18/h1-4H,5-9H2,(H,16,19)(H,17,18). The average Bonchev–Trinajstić information content (AvgIpc) is 3.20. The van der Waals surface area contributed by atoms with Gasteiger partial charge in [0, 0.05) is 11.0 Å². The summed E-state index contributed by atoms with van der Waals surface area (Å²) in [6, 6.07) is 7.77. The quantitative estimate of drug-likeness (QED) is 0.740. The van der Waals surface area contributed by atoms with E-state index in [1.54, 1.807) is 0 Å². The highest BCUT2D eigenvalue weighted by molar-refractivity contribution is 9.10. The Morgan fingerprint density at radius 3 is 2.50 bits per heavy atom. The zero-order chi connectivity index (χ0) is 14.6. The summed E-state index contributed by atoms with van der Waals surface area (Å²) >= 11 is 3.38. The fourth-order valence-corrected chi connectivity index (χ4v) is 2.37. The number of carboxylic acids is 1. The van der Waals surface area contributed by atoms with E-state index in [1.807, 2.05) is 24.3 Å². The van der Waals surface area contributed by atoms with Gasteiger partial charge in [0.15, 0.2) is 0 Å². The van der Waals surface area contributed by atoms with Crippen LogP contribution in [0.5, 0.6) is 0 Å². The minimum atomic E-state index is -1.01. The summed E-state index contributed by atoms with van der Waals surface area (Å²) in [5, 5.41) is 11.2. The first kappa shape index (κ1) is 15.0. The number of carboxylic acid groups (broad SMARTS) is 1. The second-order valence-corrected chi connectivity index (χ2v) is 5.71. The van der Waals surface area contributed by atoms with Crippen LogP contribution in [0, 0.1) is 0 Å². The topological polar surface area (TPSA) is 75.6 Å². The van der Waals surface area contributed by atoms with E-state index in [9.17, 15) is 9.59 Å². The summed E-state index contributed by atoms with van der Waals surface area (Å²) in [7, 11) is 0. The number of carbonyl (C=O) groups excluding carboxylic acids is 1. The normalized spacial score (nSPS) is 15.7. The second kappa shape index (κ2) is 6.37. The summed E-state index contributed by atoms with van der Waals surface area (Å²) in [6.45, 7) is 0.187. The number of halogens is 1. The highest BCUT2D eigenvalue weighted by atomic mass is 79.9. The van der Waals surface area contributed by atoms with Crippen LogP contribution in [0.1, 0.15) is 18.4 Å². The van der Waals surface area contributed by atoms with Crippen LogP contribution in [0.3, 0.4) is 0 Å². The van der Waals surface area contributed by atoms with Gasteiger partial charge in [-0.2, -0.15) is 0 Å². The van der Waals surface area contributed by atoms with Crippen LogP contribution in [-0.4, -0.2) is 36.7 Å². The van der Waals surface area contributed by atoms with E-state index in [4.69, 9.17) is 9.84 Å². The number of hydrogen-bond acceptors (Lipinski definition) is 3. The zero-order valence-electron chi connectivity index (χ0n) is 10.9. The number of ether oxygens (including phenoxy) is 1. The van der Waals surface area contributed by atoms with E-state index in [0.29, 0.717) is 6.54 Å². The summed E-state index contributed by atoms with van der Waals surface area (Å²) in [6.07, 6.45) is 1.69. The molecule has 0 heterocycles. The van der Waals surface area contributed by atoms with Crippen molar-refractivity contribution in [1.82, 2.24) is 5.32 Å². The summed E-state index contributed by atoms with van der Waals surface area (Å²) in [4.78, 5) is 22.5. The highest BCUT2D eigenvalue weighted by Gasteiger charge is 2.50. The summed E-state index contributed by atoms with van der Waals surface area (Å²) in [5.74, 6) is -1.02. The van der Waals surface area contributed by atoms with Crippen molar-refractivity contribution in [2.24, 2.45) is 0 Å². The molecule has 5 nitrogen and oxygen atoms in total. The van der Waals surface area contributed by atoms with Gasteiger partial charge in [-0.25, -0.2) is 4.79 Å². The molecule has 0 bridgehead atoms. The maximum atomic E-state index is 12.2. The molecule has 1 aromatic carbocycles. The minimum absolute atomic E-state index is 0.0150. The molecule has 1 aliphatic carbocycles. The Labute approximate surface area is 125 Å². The van der Waals surface area contributed by atoms with Crippen molar-refractivity contribution >= 4 is 27.8 Å². The molecule has 0 unspecified atom stereocenters. The molecule has 0 atom stereocenters. The Hall–Kier alpha value is -1.40. The molecule has 0 saturated heterocycles. The molecule has 0 aromatic heterocycles. The molecule has 2 rings (SSSR count). The van der Waals surface area contributed by atoms with Crippen molar-refractivity contribution < 1.29 is 19.4 Å². The lowest BCUT2D eigenvalue weighted by atomic mass is 9.95. The van der Waals surface area contributed by atoms with Gasteiger partial charge in [-0.15, -0.1) is 0 Å². The van der Waals surface area contributed by atoms with E-state index in [0.717, 1.165) is 22.9 Å². The molecule has 0 aliphatic heterocycles. The second-order valence-electron chi connectivity index (χ2n) is 4.79. The van der Waals surface area contributed by atoms with Gasteiger partial charge >= 0.3 is 5.97 Å². The molecule has 2 N–H and O–H groups in total. The fourth-order valence-electron chi connectivity index (χ4n) is 2.11. The number of aliphatic carboxylic acids is 1. The minimum Gasteiger partial charge on any atom is -0.480 e. The highest BCUT2D eigenvalue weighted by Crippen LogP contribution is 2.48. The maximum absolute atomic E-state index is 12.2. The lowest BCUT2D eigenvalue weighted by Crippen LogP contribution is -2.36. The van der Waals surface area contributed by atoms with Crippen LogP contribution in [-0.2, 0) is 19.7 Å². The van der Waals surface area contributed by atoms with Gasteiger partial charge in [0.1, 0.15) is 6.61 Å². The first-order valence-electron chi connectivity index (χ1n) is 6.38. The van der Waals surface area contributed by atoms with Gasteiger partial charge < -0.3 is 15.2 Å². The summed E-state index contributed by atoms with van der Waals surface area (Å²) < 4.78 is 5.87. The van der Waals surface area contributed by atoms with Gasteiger partial charge in [0.05, 0.1) is 12.0 Å². The fraction of sp³-hybridized carbons (Fsp3) is 0.429. The van der Waals surface area contributed by atoms with E-state index in [-0.39, 0.29) is 19.1 Å². The van der Waals surface area contributed by atoms with Gasteiger partial charge in [-0.1, -0.05) is 28.1 Å². The van der Waals surface area contributed by atoms with Gasteiger partial charge in [0.2, 0.25) is 5.91 Å². The third-order valence-corrected chi connectivity index (χ3v) is 3.87. The number of amides is 1. The Morgan fingerprint density at radius 1 is 1.30 bits per heavy atom. The lowest BCUT2D eigenvalue weighted by molar-refractivity contribution is -0.142. The number of nitrogens with one attached hydrogen (secondary N) is 1. The van der Waals surface area contributed by atoms with Crippen molar-refractivity contribution in [3.63, 3.8) is 0 Å². The molecule has 1 amide bonds. The molecular formula is C14H16BrNO4. The monoisotopic (exact) mass is 341 g/mol. The van der Waals surface area contributed by atoms with E-state index < -0.39 is 11.4 Å². The van der Waals surface area contributed by atoms with Crippen LogP contribution < -0.4 is 5.32 Å². The number of carbonyl (C=O) groups is 2. The molecular weight excluding hydrogens is 326 g/mol. The predicted octanol–water partition coefficient (Wildman–Crippen LogP) is 1.70. The smallest absolute Gasteiger partial charge is 0.329 e. The first-order valence-corrected chi connectivity index (χ1v) is 7.18. The Kier molecular flexibility index (Phi) is 4.77. The Morgan fingerprint density at radius 2 is 1.95 bits per heavy atom. The SMILES string of the molecule is O=C(O)COCCNC(=O)C1(c2ccc(Br)cc2)CC1. The predicted molar refractivity (Wildman–Crippen MR) is 76.5 cm³/mol. The van der Waals surface area contributed by atoms with Crippen LogP contribution in [0.25, 0.3) is 0 Å². The number of benzene rings is 1.